The minimum atomic E-state index is -0.590. The lowest BCUT2D eigenvalue weighted by atomic mass is 10.2. The third kappa shape index (κ3) is 2.63. The van der Waals surface area contributed by atoms with Gasteiger partial charge in [0, 0.05) is 19.2 Å². The predicted octanol–water partition coefficient (Wildman–Crippen LogP) is 0.865. The molecule has 0 amide bonds. The summed E-state index contributed by atoms with van der Waals surface area (Å²) in [4.78, 5) is 43.2. The number of nitrogens with one attached hydrogen (secondary N) is 1. The number of fused-ring (bicyclic) bond motifs is 1. The van der Waals surface area contributed by atoms with Gasteiger partial charge in [-0.3, -0.25) is 29.0 Å². The molecule has 0 radical (unpaired) electrons. The third-order valence-electron chi connectivity index (χ3n) is 4.67. The quantitative estimate of drug-likeness (QED) is 0.660. The second kappa shape index (κ2) is 6.13. The van der Waals surface area contributed by atoms with E-state index >= 15 is 0 Å². The van der Waals surface area contributed by atoms with Crippen LogP contribution in [0, 0.1) is 0 Å². The standard InChI is InChI=1S/C18H18N4O5/c1-20-14(24)9-13(23)15-16(20)21(12-5-3-4-10(8-12)19-27-2)18(26)22(17(15)25)11-6-7-11/h3-5,8-9,11,19,23H,6-7H2,1-2H3. The van der Waals surface area contributed by atoms with Crippen LogP contribution in [0.2, 0.25) is 0 Å². The van der Waals surface area contributed by atoms with E-state index < -0.39 is 22.6 Å². The fourth-order valence-electron chi connectivity index (χ4n) is 3.26. The van der Waals surface area contributed by atoms with Gasteiger partial charge in [0.05, 0.1) is 18.5 Å². The third-order valence-corrected chi connectivity index (χ3v) is 4.67. The number of anilines is 1. The summed E-state index contributed by atoms with van der Waals surface area (Å²) in [6, 6.07) is 7.57. The molecular formula is C18H18N4O5. The Labute approximate surface area is 152 Å². The number of aryl methyl sites for hydroxylation is 1. The van der Waals surface area contributed by atoms with Crippen LogP contribution in [0.5, 0.6) is 5.75 Å². The molecule has 140 valence electrons. The van der Waals surface area contributed by atoms with Gasteiger partial charge in [-0.25, -0.2) is 9.36 Å². The molecule has 0 atom stereocenters. The van der Waals surface area contributed by atoms with Crippen molar-refractivity contribution in [3.63, 3.8) is 0 Å². The minimum absolute atomic E-state index is 0.0430. The highest BCUT2D eigenvalue weighted by Crippen LogP contribution is 2.33. The zero-order valence-electron chi connectivity index (χ0n) is 14.8. The normalized spacial score (nSPS) is 13.9. The van der Waals surface area contributed by atoms with E-state index in [1.54, 1.807) is 24.3 Å². The fourth-order valence-corrected chi connectivity index (χ4v) is 3.26. The Morgan fingerprint density at radius 2 is 1.93 bits per heavy atom. The number of rotatable bonds is 4. The zero-order valence-corrected chi connectivity index (χ0v) is 14.8. The van der Waals surface area contributed by atoms with Crippen LogP contribution in [0.3, 0.4) is 0 Å². The highest BCUT2D eigenvalue weighted by molar-refractivity contribution is 5.82. The molecule has 3 aromatic rings. The molecule has 2 N–H and O–H groups in total. The lowest BCUT2D eigenvalue weighted by Gasteiger charge is -2.17. The summed E-state index contributed by atoms with van der Waals surface area (Å²) in [6.45, 7) is 0. The molecule has 0 unspecified atom stereocenters. The summed E-state index contributed by atoms with van der Waals surface area (Å²) in [5.74, 6) is -0.438. The van der Waals surface area contributed by atoms with Crippen molar-refractivity contribution < 1.29 is 9.94 Å². The second-order valence-corrected chi connectivity index (χ2v) is 6.51. The fraction of sp³-hybridized carbons (Fsp3) is 0.278. The van der Waals surface area contributed by atoms with Crippen molar-refractivity contribution in [2.45, 2.75) is 18.9 Å². The van der Waals surface area contributed by atoms with Crippen molar-refractivity contribution in [3.05, 3.63) is 61.5 Å². The van der Waals surface area contributed by atoms with Gasteiger partial charge in [0.1, 0.15) is 16.8 Å². The Morgan fingerprint density at radius 3 is 2.59 bits per heavy atom. The van der Waals surface area contributed by atoms with E-state index in [0.717, 1.165) is 23.5 Å². The first-order valence-corrected chi connectivity index (χ1v) is 8.43. The van der Waals surface area contributed by atoms with Gasteiger partial charge in [-0.05, 0) is 31.0 Å². The lowest BCUT2D eigenvalue weighted by molar-refractivity contribution is 0.271. The topological polar surface area (TPSA) is 107 Å². The Bertz CT molecular complexity index is 1230. The van der Waals surface area contributed by atoms with E-state index in [0.29, 0.717) is 11.4 Å². The monoisotopic (exact) mass is 370 g/mol. The van der Waals surface area contributed by atoms with Crippen LogP contribution in [0.1, 0.15) is 18.9 Å². The largest absolute Gasteiger partial charge is 0.507 e. The summed E-state index contributed by atoms with van der Waals surface area (Å²) >= 11 is 0. The van der Waals surface area contributed by atoms with Crippen molar-refractivity contribution in [2.24, 2.45) is 7.05 Å². The number of benzene rings is 1. The van der Waals surface area contributed by atoms with Crippen LogP contribution in [-0.4, -0.2) is 25.9 Å². The molecule has 0 spiro atoms. The van der Waals surface area contributed by atoms with E-state index in [9.17, 15) is 19.5 Å². The molecule has 1 saturated carbocycles. The first-order chi connectivity index (χ1) is 12.9. The Kier molecular flexibility index (Phi) is 3.88. The molecule has 27 heavy (non-hydrogen) atoms. The summed E-state index contributed by atoms with van der Waals surface area (Å²) in [6.07, 6.45) is 1.44. The molecule has 0 saturated heterocycles. The Balaban J connectivity index is 2.20. The average molecular weight is 370 g/mol. The maximum atomic E-state index is 13.2. The van der Waals surface area contributed by atoms with E-state index in [1.807, 2.05) is 0 Å². The van der Waals surface area contributed by atoms with Crippen molar-refractivity contribution in [1.29, 1.82) is 0 Å². The molecule has 1 aliphatic rings. The molecular weight excluding hydrogens is 352 g/mol. The zero-order chi connectivity index (χ0) is 19.3. The van der Waals surface area contributed by atoms with Gasteiger partial charge in [0.25, 0.3) is 11.1 Å². The SMILES string of the molecule is CONc1cccc(-n2c(=O)n(C3CC3)c(=O)c3c(O)cc(=O)n(C)c32)c1. The number of hydrogen-bond acceptors (Lipinski definition) is 6. The van der Waals surface area contributed by atoms with Gasteiger partial charge in [0.15, 0.2) is 0 Å². The Hall–Kier alpha value is -3.33. The summed E-state index contributed by atoms with van der Waals surface area (Å²) < 4.78 is 3.62. The van der Waals surface area contributed by atoms with Gasteiger partial charge < -0.3 is 5.11 Å². The number of aromatic hydroxyl groups is 1. The van der Waals surface area contributed by atoms with Gasteiger partial charge >= 0.3 is 5.69 Å². The summed E-state index contributed by atoms with van der Waals surface area (Å²) in [5.41, 5.74) is 2.08. The smallest absolute Gasteiger partial charge is 0.337 e. The highest BCUT2D eigenvalue weighted by Gasteiger charge is 2.30. The van der Waals surface area contributed by atoms with Crippen LogP contribution in [0.25, 0.3) is 16.7 Å². The number of aromatic nitrogens is 3. The maximum Gasteiger partial charge on any atom is 0.337 e. The molecule has 4 rings (SSSR count). The van der Waals surface area contributed by atoms with Crippen molar-refractivity contribution in [1.82, 2.24) is 13.7 Å². The number of nitrogens with zero attached hydrogens (tertiary/aromatic N) is 3. The van der Waals surface area contributed by atoms with Crippen molar-refractivity contribution in [3.8, 4) is 11.4 Å². The molecule has 2 heterocycles. The van der Waals surface area contributed by atoms with Crippen molar-refractivity contribution >= 4 is 16.7 Å². The molecule has 1 aromatic carbocycles. The predicted molar refractivity (Wildman–Crippen MR) is 99.6 cm³/mol. The van der Waals surface area contributed by atoms with Crippen LogP contribution in [0.15, 0.2) is 44.7 Å². The second-order valence-electron chi connectivity index (χ2n) is 6.51. The van der Waals surface area contributed by atoms with E-state index in [-0.39, 0.29) is 17.1 Å². The van der Waals surface area contributed by atoms with Gasteiger partial charge in [-0.15, -0.1) is 0 Å². The summed E-state index contributed by atoms with van der Waals surface area (Å²) in [7, 11) is 2.92. The molecule has 1 aliphatic carbocycles. The summed E-state index contributed by atoms with van der Waals surface area (Å²) in [5, 5.41) is 10.2. The van der Waals surface area contributed by atoms with Gasteiger partial charge in [0.2, 0.25) is 0 Å². The molecule has 2 aromatic heterocycles. The van der Waals surface area contributed by atoms with Crippen LogP contribution in [0.4, 0.5) is 5.69 Å². The maximum absolute atomic E-state index is 13.2. The lowest BCUT2D eigenvalue weighted by Crippen LogP contribution is -2.41. The van der Waals surface area contributed by atoms with E-state index in [2.05, 4.69) is 5.48 Å². The van der Waals surface area contributed by atoms with Crippen LogP contribution >= 0.6 is 0 Å². The Morgan fingerprint density at radius 1 is 1.19 bits per heavy atom. The highest BCUT2D eigenvalue weighted by atomic mass is 16.6. The molecule has 0 bridgehead atoms. The average Bonchev–Trinajstić information content (AvgIpc) is 3.45. The van der Waals surface area contributed by atoms with Crippen LogP contribution in [-0.2, 0) is 11.9 Å². The minimum Gasteiger partial charge on any atom is -0.507 e. The first kappa shape index (κ1) is 17.1. The molecule has 1 fully saturated rings. The van der Waals surface area contributed by atoms with Crippen molar-refractivity contribution in [2.75, 3.05) is 12.6 Å². The number of pyridine rings is 1. The molecule has 9 heteroatoms. The van der Waals surface area contributed by atoms with Crippen LogP contribution < -0.4 is 22.3 Å². The van der Waals surface area contributed by atoms with Gasteiger partial charge in [-0.2, -0.15) is 0 Å². The van der Waals surface area contributed by atoms with Gasteiger partial charge in [-0.1, -0.05) is 6.07 Å². The van der Waals surface area contributed by atoms with E-state index in [4.69, 9.17) is 4.84 Å². The molecule has 0 aliphatic heterocycles. The molecule has 9 nitrogen and oxygen atoms in total. The number of hydrogen-bond donors (Lipinski definition) is 2. The van der Waals surface area contributed by atoms with E-state index in [1.165, 1.54) is 23.3 Å². The first-order valence-electron chi connectivity index (χ1n) is 8.43.